The quantitative estimate of drug-likeness (QED) is 0.499. The van der Waals surface area contributed by atoms with Gasteiger partial charge in [-0.1, -0.05) is 12.1 Å². The van der Waals surface area contributed by atoms with E-state index in [1.54, 1.807) is 35.4 Å². The van der Waals surface area contributed by atoms with Crippen molar-refractivity contribution < 1.29 is 19.1 Å². The maximum atomic E-state index is 12.5. The zero-order chi connectivity index (χ0) is 25.3. The molecule has 0 atom stereocenters. The number of hydrogen-bond acceptors (Lipinski definition) is 7. The van der Waals surface area contributed by atoms with Crippen LogP contribution in [0.1, 0.15) is 27.8 Å². The molecule has 2 aromatic carbocycles. The van der Waals surface area contributed by atoms with Gasteiger partial charge in [-0.2, -0.15) is 5.26 Å². The molecule has 1 amide bonds. The topological polar surface area (TPSA) is 96.7 Å². The Morgan fingerprint density at radius 3 is 2.64 bits per heavy atom. The molecule has 36 heavy (non-hydrogen) atoms. The minimum absolute atomic E-state index is 0.0383. The lowest BCUT2D eigenvalue weighted by molar-refractivity contribution is -0.125. The molecular weight excluding hydrogens is 456 g/mol. The maximum absolute atomic E-state index is 12.5. The molecule has 1 aliphatic heterocycles. The number of pyridine rings is 1. The van der Waals surface area contributed by atoms with E-state index in [1.165, 1.54) is 0 Å². The molecule has 1 saturated heterocycles. The van der Waals surface area contributed by atoms with Gasteiger partial charge < -0.3 is 14.4 Å². The number of nitriles is 1. The van der Waals surface area contributed by atoms with Crippen molar-refractivity contribution >= 4 is 12.0 Å². The van der Waals surface area contributed by atoms with Crippen LogP contribution in [0.25, 0.3) is 6.08 Å². The molecule has 184 valence electrons. The molecule has 1 aliphatic rings. The highest BCUT2D eigenvalue weighted by molar-refractivity contribution is 5.91. The molecule has 1 N–H and O–H groups in total. The summed E-state index contributed by atoms with van der Waals surface area (Å²) in [5.74, 6) is 1.77. The molecule has 0 spiro atoms. The van der Waals surface area contributed by atoms with Crippen molar-refractivity contribution in [1.82, 2.24) is 15.4 Å². The molecule has 8 heteroatoms. The Balaban J connectivity index is 1.36. The van der Waals surface area contributed by atoms with Gasteiger partial charge in [0.2, 0.25) is 11.8 Å². The van der Waals surface area contributed by atoms with E-state index in [9.17, 15) is 4.79 Å². The molecule has 1 fully saturated rings. The van der Waals surface area contributed by atoms with Crippen LogP contribution in [0.5, 0.6) is 17.4 Å². The van der Waals surface area contributed by atoms with Crippen LogP contribution in [0.3, 0.4) is 0 Å². The first-order valence-electron chi connectivity index (χ1n) is 11.7. The Hall–Kier alpha value is -4.19. The number of aromatic nitrogens is 1. The van der Waals surface area contributed by atoms with Gasteiger partial charge in [0.05, 0.1) is 24.4 Å². The number of hydroxylamine groups is 1. The third-order valence-corrected chi connectivity index (χ3v) is 5.67. The van der Waals surface area contributed by atoms with Crippen molar-refractivity contribution in [1.29, 1.82) is 5.26 Å². The second kappa shape index (κ2) is 12.0. The predicted molar refractivity (Wildman–Crippen MR) is 135 cm³/mol. The summed E-state index contributed by atoms with van der Waals surface area (Å²) in [6, 6.07) is 16.9. The van der Waals surface area contributed by atoms with Crippen LogP contribution in [0, 0.1) is 25.2 Å². The van der Waals surface area contributed by atoms with Gasteiger partial charge in [0.1, 0.15) is 18.1 Å². The van der Waals surface area contributed by atoms with E-state index < -0.39 is 0 Å². The summed E-state index contributed by atoms with van der Waals surface area (Å²) >= 11 is 0. The summed E-state index contributed by atoms with van der Waals surface area (Å²) < 4.78 is 11.8. The smallest absolute Gasteiger partial charge is 0.246 e. The van der Waals surface area contributed by atoms with E-state index in [0.29, 0.717) is 50.0 Å². The number of amides is 1. The number of carbonyl (C=O) groups excluding carboxylic acids is 1. The van der Waals surface area contributed by atoms with E-state index in [2.05, 4.69) is 16.5 Å². The Morgan fingerprint density at radius 2 is 1.94 bits per heavy atom. The van der Waals surface area contributed by atoms with Gasteiger partial charge in [-0.3, -0.25) is 9.63 Å². The molecule has 4 rings (SSSR count). The highest BCUT2D eigenvalue weighted by atomic mass is 16.6. The largest absolute Gasteiger partial charge is 0.487 e. The number of nitrogens with one attached hydrogen (secondary N) is 1. The summed E-state index contributed by atoms with van der Waals surface area (Å²) in [5, 5.41) is 8.89. The second-order valence-corrected chi connectivity index (χ2v) is 8.42. The number of ether oxygens (including phenoxy) is 2. The van der Waals surface area contributed by atoms with E-state index >= 15 is 0 Å². The molecule has 3 aromatic rings. The minimum Gasteiger partial charge on any atom is -0.487 e. The summed E-state index contributed by atoms with van der Waals surface area (Å²) in [5.41, 5.74) is 7.21. The maximum Gasteiger partial charge on any atom is 0.246 e. The van der Waals surface area contributed by atoms with Gasteiger partial charge in [-0.05, 0) is 72.5 Å². The summed E-state index contributed by atoms with van der Waals surface area (Å²) in [6.07, 6.45) is 5.04. The first kappa shape index (κ1) is 24.9. The van der Waals surface area contributed by atoms with Crippen LogP contribution >= 0.6 is 0 Å². The van der Waals surface area contributed by atoms with E-state index in [-0.39, 0.29) is 5.91 Å². The van der Waals surface area contributed by atoms with Gasteiger partial charge in [0, 0.05) is 31.8 Å². The zero-order valence-electron chi connectivity index (χ0n) is 20.4. The van der Waals surface area contributed by atoms with Crippen molar-refractivity contribution in [3.63, 3.8) is 0 Å². The lowest BCUT2D eigenvalue weighted by Gasteiger charge is -2.16. The van der Waals surface area contributed by atoms with Gasteiger partial charge in [0.15, 0.2) is 0 Å². The van der Waals surface area contributed by atoms with Crippen molar-refractivity contribution in [3.05, 3.63) is 88.6 Å². The van der Waals surface area contributed by atoms with Crippen molar-refractivity contribution in [2.45, 2.75) is 20.5 Å². The average molecular weight is 485 g/mol. The summed E-state index contributed by atoms with van der Waals surface area (Å²) in [6.45, 7) is 6.58. The molecule has 2 heterocycles. The molecule has 1 aromatic heterocycles. The van der Waals surface area contributed by atoms with Crippen molar-refractivity contribution in [2.24, 2.45) is 0 Å². The lowest BCUT2D eigenvalue weighted by Crippen LogP contribution is -2.33. The highest BCUT2D eigenvalue weighted by Gasteiger charge is 2.13. The fraction of sp³-hybridized carbons (Fsp3) is 0.250. The number of nitrogens with zero attached hydrogens (tertiary/aromatic N) is 3. The second-order valence-electron chi connectivity index (χ2n) is 8.42. The molecule has 0 unspecified atom stereocenters. The Morgan fingerprint density at radius 1 is 1.17 bits per heavy atom. The van der Waals surface area contributed by atoms with E-state index in [0.717, 1.165) is 28.0 Å². The van der Waals surface area contributed by atoms with Crippen LogP contribution in [-0.4, -0.2) is 42.0 Å². The summed E-state index contributed by atoms with van der Waals surface area (Å²) in [7, 11) is 0. The summed E-state index contributed by atoms with van der Waals surface area (Å²) in [4.78, 5) is 23.8. The Kier molecular flexibility index (Phi) is 8.29. The number of hydrogen-bond donors (Lipinski definition) is 1. The lowest BCUT2D eigenvalue weighted by atomic mass is 10.1. The molecule has 0 aliphatic carbocycles. The first-order chi connectivity index (χ1) is 17.5. The highest BCUT2D eigenvalue weighted by Crippen LogP contribution is 2.30. The van der Waals surface area contributed by atoms with E-state index in [1.807, 2.05) is 50.3 Å². The fourth-order valence-corrected chi connectivity index (χ4v) is 3.79. The Bertz CT molecular complexity index is 1230. The van der Waals surface area contributed by atoms with E-state index in [4.69, 9.17) is 19.6 Å². The van der Waals surface area contributed by atoms with Gasteiger partial charge >= 0.3 is 0 Å². The number of rotatable bonds is 7. The van der Waals surface area contributed by atoms with Crippen molar-refractivity contribution in [3.8, 4) is 23.4 Å². The monoisotopic (exact) mass is 484 g/mol. The molecule has 0 radical (unpaired) electrons. The number of carbonyl (C=O) groups is 1. The number of benzene rings is 2. The normalized spacial score (nSPS) is 13.8. The minimum atomic E-state index is -0.0383. The standard InChI is InChI=1S/C28H28N4O4/c1-20-15-24(7-10-27(33)32-12-11-31-35-14-13-32)16-21(2)28(20)36-26-9-8-25(18-30-26)34-19-23-5-3-22(17-29)4-6-23/h3-10,15-16,18,31H,11-14,19H2,1-2H3/b10-7+. The third kappa shape index (κ3) is 6.69. The van der Waals surface area contributed by atoms with Gasteiger partial charge in [0.25, 0.3) is 0 Å². The van der Waals surface area contributed by atoms with Crippen molar-refractivity contribution in [2.75, 3.05) is 26.2 Å². The third-order valence-electron chi connectivity index (χ3n) is 5.67. The van der Waals surface area contributed by atoms with Crippen LogP contribution in [-0.2, 0) is 16.2 Å². The van der Waals surface area contributed by atoms with Crippen LogP contribution < -0.4 is 15.0 Å². The van der Waals surface area contributed by atoms with Crippen LogP contribution in [0.15, 0.2) is 60.8 Å². The zero-order valence-corrected chi connectivity index (χ0v) is 20.4. The molecular formula is C28H28N4O4. The predicted octanol–water partition coefficient (Wildman–Crippen LogP) is 4.32. The van der Waals surface area contributed by atoms with Crippen LogP contribution in [0.4, 0.5) is 0 Å². The molecule has 0 bridgehead atoms. The van der Waals surface area contributed by atoms with Gasteiger partial charge in [-0.15, -0.1) is 0 Å². The Labute approximate surface area is 210 Å². The number of aryl methyl sites for hydroxylation is 2. The van der Waals surface area contributed by atoms with Gasteiger partial charge in [-0.25, -0.2) is 10.5 Å². The SMILES string of the molecule is Cc1cc(/C=C/C(=O)N2CCNOCC2)cc(C)c1Oc1ccc(OCc2ccc(C#N)cc2)cn1. The first-order valence-corrected chi connectivity index (χ1v) is 11.7. The van der Waals surface area contributed by atoms with Crippen LogP contribution in [0.2, 0.25) is 0 Å². The fourth-order valence-electron chi connectivity index (χ4n) is 3.79. The molecule has 8 nitrogen and oxygen atoms in total. The molecule has 0 saturated carbocycles. The average Bonchev–Trinajstić information content (AvgIpc) is 3.19.